The van der Waals surface area contributed by atoms with Gasteiger partial charge in [0.15, 0.2) is 5.78 Å². The van der Waals surface area contributed by atoms with Crippen LogP contribution in [0.5, 0.6) is 0 Å². The summed E-state index contributed by atoms with van der Waals surface area (Å²) in [6.07, 6.45) is 2.90. The maximum Gasteiger partial charge on any atom is 0.227 e. The Morgan fingerprint density at radius 1 is 1.00 bits per heavy atom. The van der Waals surface area contributed by atoms with Gasteiger partial charge in [-0.25, -0.2) is 0 Å². The van der Waals surface area contributed by atoms with Gasteiger partial charge in [-0.05, 0) is 38.3 Å². The van der Waals surface area contributed by atoms with E-state index >= 15 is 0 Å². The van der Waals surface area contributed by atoms with E-state index in [1.54, 1.807) is 0 Å². The average Bonchev–Trinajstić information content (AvgIpc) is 3.47. The fourth-order valence-corrected chi connectivity index (χ4v) is 4.28. The van der Waals surface area contributed by atoms with E-state index < -0.39 is 0 Å². The molecular weight excluding hydrogens is 350 g/mol. The molecule has 1 aromatic heterocycles. The zero-order valence-electron chi connectivity index (χ0n) is 16.9. The summed E-state index contributed by atoms with van der Waals surface area (Å²) < 4.78 is 2.33. The van der Waals surface area contributed by atoms with E-state index in [4.69, 9.17) is 0 Å². The molecule has 2 aliphatic rings. The summed E-state index contributed by atoms with van der Waals surface area (Å²) >= 11 is 0. The minimum atomic E-state index is 0.171. The van der Waals surface area contributed by atoms with Gasteiger partial charge in [0.05, 0.1) is 13.0 Å². The smallest absolute Gasteiger partial charge is 0.227 e. The summed E-state index contributed by atoms with van der Waals surface area (Å²) in [5.74, 6) is 0.370. The van der Waals surface area contributed by atoms with Crippen molar-refractivity contribution in [2.45, 2.75) is 39.2 Å². The zero-order chi connectivity index (χ0) is 19.7. The largest absolute Gasteiger partial charge is 0.345 e. The van der Waals surface area contributed by atoms with E-state index in [2.05, 4.69) is 29.4 Å². The number of carbonyl (C=O) groups excluding carboxylic acids is 2. The molecule has 0 radical (unpaired) electrons. The number of nitrogens with zero attached hydrogens (tertiary/aromatic N) is 3. The Bertz CT molecular complexity index is 859. The van der Waals surface area contributed by atoms with Crippen molar-refractivity contribution < 1.29 is 9.59 Å². The average molecular weight is 380 g/mol. The van der Waals surface area contributed by atoms with Crippen LogP contribution in [-0.2, 0) is 11.2 Å². The molecule has 2 fully saturated rings. The molecule has 0 spiro atoms. The number of aryl methyl sites for hydroxylation is 1. The fraction of sp³-hybridized carbons (Fsp3) is 0.478. The van der Waals surface area contributed by atoms with Crippen molar-refractivity contribution in [3.63, 3.8) is 0 Å². The van der Waals surface area contributed by atoms with E-state index in [-0.39, 0.29) is 11.7 Å². The number of benzene rings is 1. The normalized spacial score (nSPS) is 17.7. The first-order valence-electron chi connectivity index (χ1n) is 10.3. The van der Waals surface area contributed by atoms with Crippen LogP contribution in [0.25, 0.3) is 0 Å². The maximum absolute atomic E-state index is 12.9. The number of carbonyl (C=O) groups is 2. The number of ketones is 1. The Morgan fingerprint density at radius 3 is 2.32 bits per heavy atom. The van der Waals surface area contributed by atoms with Crippen molar-refractivity contribution in [2.75, 3.05) is 32.7 Å². The third kappa shape index (κ3) is 4.04. The molecule has 1 aromatic carbocycles. The lowest BCUT2D eigenvalue weighted by atomic mass is 10.1. The van der Waals surface area contributed by atoms with Crippen LogP contribution in [0.1, 0.15) is 46.2 Å². The molecule has 0 unspecified atom stereocenters. The number of piperazine rings is 1. The van der Waals surface area contributed by atoms with Gasteiger partial charge in [0.2, 0.25) is 5.91 Å². The van der Waals surface area contributed by atoms with Gasteiger partial charge in [-0.2, -0.15) is 0 Å². The SMILES string of the molecule is Cc1cc(C(=O)CN2CCN(C(=O)Cc3ccccc3)CC2)c(C)n1C1CC1. The number of hydrogen-bond acceptors (Lipinski definition) is 3. The third-order valence-corrected chi connectivity index (χ3v) is 5.99. The van der Waals surface area contributed by atoms with Crippen LogP contribution in [-0.4, -0.2) is 58.8 Å². The second-order valence-electron chi connectivity index (χ2n) is 8.13. The van der Waals surface area contributed by atoms with Gasteiger partial charge < -0.3 is 9.47 Å². The topological polar surface area (TPSA) is 45.6 Å². The Kier molecular flexibility index (Phi) is 5.36. The van der Waals surface area contributed by atoms with Crippen LogP contribution in [0.2, 0.25) is 0 Å². The highest BCUT2D eigenvalue weighted by Crippen LogP contribution is 2.38. The second-order valence-corrected chi connectivity index (χ2v) is 8.13. The number of hydrogen-bond donors (Lipinski definition) is 0. The van der Waals surface area contributed by atoms with Crippen LogP contribution in [0.4, 0.5) is 0 Å². The Hall–Kier alpha value is -2.40. The molecule has 1 aliphatic heterocycles. The second kappa shape index (κ2) is 7.92. The molecule has 4 rings (SSSR count). The Morgan fingerprint density at radius 2 is 1.68 bits per heavy atom. The lowest BCUT2D eigenvalue weighted by molar-refractivity contribution is -0.132. The summed E-state index contributed by atoms with van der Waals surface area (Å²) in [5, 5.41) is 0. The maximum atomic E-state index is 12.9. The van der Waals surface area contributed by atoms with Gasteiger partial charge in [0.1, 0.15) is 0 Å². The molecule has 1 aliphatic carbocycles. The summed E-state index contributed by atoms with van der Waals surface area (Å²) in [6.45, 7) is 7.51. The van der Waals surface area contributed by atoms with Crippen LogP contribution in [0.15, 0.2) is 36.4 Å². The molecular formula is C23H29N3O2. The standard InChI is InChI=1S/C23H29N3O2/c1-17-14-21(18(2)26(17)20-8-9-20)22(27)16-24-10-12-25(13-11-24)23(28)15-19-6-4-3-5-7-19/h3-7,14,20H,8-13,15-16H2,1-2H3. The van der Waals surface area contributed by atoms with Crippen molar-refractivity contribution in [3.05, 3.63) is 58.9 Å². The molecule has 1 saturated heterocycles. The number of amides is 1. The van der Waals surface area contributed by atoms with Crippen molar-refractivity contribution in [1.29, 1.82) is 0 Å². The Balaban J connectivity index is 1.30. The molecule has 2 heterocycles. The predicted octanol–water partition coefficient (Wildman–Crippen LogP) is 3.01. The minimum absolute atomic E-state index is 0.171. The van der Waals surface area contributed by atoms with E-state index in [9.17, 15) is 9.59 Å². The zero-order valence-corrected chi connectivity index (χ0v) is 16.9. The molecule has 5 nitrogen and oxygen atoms in total. The third-order valence-electron chi connectivity index (χ3n) is 5.99. The molecule has 1 saturated carbocycles. The van der Waals surface area contributed by atoms with E-state index in [1.165, 1.54) is 18.5 Å². The Labute approximate surface area is 166 Å². The van der Waals surface area contributed by atoms with Crippen molar-refractivity contribution in [2.24, 2.45) is 0 Å². The predicted molar refractivity (Wildman–Crippen MR) is 110 cm³/mol. The number of aromatic nitrogens is 1. The molecule has 0 atom stereocenters. The monoisotopic (exact) mass is 379 g/mol. The van der Waals surface area contributed by atoms with Crippen LogP contribution in [0, 0.1) is 13.8 Å². The quantitative estimate of drug-likeness (QED) is 0.725. The van der Waals surface area contributed by atoms with Gasteiger partial charge in [-0.15, -0.1) is 0 Å². The summed E-state index contributed by atoms with van der Waals surface area (Å²) in [4.78, 5) is 29.5. The molecule has 1 amide bonds. The minimum Gasteiger partial charge on any atom is -0.345 e. The van der Waals surface area contributed by atoms with E-state index in [1.807, 2.05) is 35.2 Å². The van der Waals surface area contributed by atoms with E-state index in [0.29, 0.717) is 32.1 Å². The van der Waals surface area contributed by atoms with Gasteiger partial charge in [-0.3, -0.25) is 14.5 Å². The van der Waals surface area contributed by atoms with Gasteiger partial charge >= 0.3 is 0 Å². The first-order valence-corrected chi connectivity index (χ1v) is 10.3. The fourth-order valence-electron chi connectivity index (χ4n) is 4.28. The van der Waals surface area contributed by atoms with Crippen LogP contribution >= 0.6 is 0 Å². The summed E-state index contributed by atoms with van der Waals surface area (Å²) in [5.41, 5.74) is 4.23. The molecule has 5 heteroatoms. The van der Waals surface area contributed by atoms with Crippen molar-refractivity contribution in [1.82, 2.24) is 14.4 Å². The van der Waals surface area contributed by atoms with E-state index in [0.717, 1.165) is 29.9 Å². The molecule has 148 valence electrons. The van der Waals surface area contributed by atoms with Gasteiger partial charge in [-0.1, -0.05) is 30.3 Å². The summed E-state index contributed by atoms with van der Waals surface area (Å²) in [7, 11) is 0. The number of rotatable bonds is 6. The highest BCUT2D eigenvalue weighted by molar-refractivity contribution is 5.99. The van der Waals surface area contributed by atoms with Crippen molar-refractivity contribution >= 4 is 11.7 Å². The molecule has 28 heavy (non-hydrogen) atoms. The molecule has 0 bridgehead atoms. The first kappa shape index (κ1) is 18.9. The molecule has 2 aromatic rings. The van der Waals surface area contributed by atoms with Crippen LogP contribution < -0.4 is 0 Å². The lowest BCUT2D eigenvalue weighted by Gasteiger charge is -2.34. The summed E-state index contributed by atoms with van der Waals surface area (Å²) in [6, 6.07) is 12.5. The highest BCUT2D eigenvalue weighted by Gasteiger charge is 2.29. The lowest BCUT2D eigenvalue weighted by Crippen LogP contribution is -2.50. The van der Waals surface area contributed by atoms with Crippen LogP contribution in [0.3, 0.4) is 0 Å². The first-order chi connectivity index (χ1) is 13.5. The highest BCUT2D eigenvalue weighted by atomic mass is 16.2. The molecule has 0 N–H and O–H groups in total. The van der Waals surface area contributed by atoms with Gasteiger partial charge in [0, 0.05) is 49.2 Å². The van der Waals surface area contributed by atoms with Crippen molar-refractivity contribution in [3.8, 4) is 0 Å². The number of Topliss-reactive ketones (excluding diaryl/α,β-unsaturated/α-hetero) is 1. The van der Waals surface area contributed by atoms with Gasteiger partial charge in [0.25, 0.3) is 0 Å².